The summed E-state index contributed by atoms with van der Waals surface area (Å²) in [6, 6.07) is 0.398. The van der Waals surface area contributed by atoms with Crippen molar-refractivity contribution in [3.05, 3.63) is 0 Å². The van der Waals surface area contributed by atoms with E-state index < -0.39 is 0 Å². The van der Waals surface area contributed by atoms with Gasteiger partial charge in [-0.15, -0.1) is 12.4 Å². The van der Waals surface area contributed by atoms with Crippen molar-refractivity contribution in [2.75, 3.05) is 31.7 Å². The van der Waals surface area contributed by atoms with Crippen LogP contribution in [-0.4, -0.2) is 60.6 Å². The van der Waals surface area contributed by atoms with Gasteiger partial charge >= 0.3 is 5.97 Å². The van der Waals surface area contributed by atoms with Crippen LogP contribution in [0.3, 0.4) is 0 Å². The summed E-state index contributed by atoms with van der Waals surface area (Å²) in [7, 11) is 1.40. The van der Waals surface area contributed by atoms with Crippen LogP contribution >= 0.6 is 24.2 Å². The molecule has 2 aliphatic heterocycles. The van der Waals surface area contributed by atoms with E-state index in [2.05, 4.69) is 12.2 Å². The van der Waals surface area contributed by atoms with Gasteiger partial charge in [0, 0.05) is 30.0 Å². The summed E-state index contributed by atoms with van der Waals surface area (Å²) in [6.07, 6.45) is 2.11. The summed E-state index contributed by atoms with van der Waals surface area (Å²) in [5, 5.41) is 3.37. The van der Waals surface area contributed by atoms with Crippen molar-refractivity contribution in [2.45, 2.75) is 38.3 Å². The quantitative estimate of drug-likeness (QED) is 0.787. The Hall–Kier alpha value is -0.460. The van der Waals surface area contributed by atoms with Gasteiger partial charge in [0.15, 0.2) is 0 Å². The second-order valence-electron chi connectivity index (χ2n) is 5.62. The zero-order valence-corrected chi connectivity index (χ0v) is 14.3. The Morgan fingerprint density at radius 1 is 1.43 bits per heavy atom. The van der Waals surface area contributed by atoms with Crippen LogP contribution in [0.15, 0.2) is 0 Å². The minimum atomic E-state index is -0.228. The molecule has 0 aromatic carbocycles. The topological polar surface area (TPSA) is 58.6 Å². The van der Waals surface area contributed by atoms with Crippen LogP contribution in [0.25, 0.3) is 0 Å². The number of ether oxygens (including phenoxy) is 1. The highest BCUT2D eigenvalue weighted by Gasteiger charge is 2.34. The van der Waals surface area contributed by atoms with E-state index in [4.69, 9.17) is 4.74 Å². The molecule has 0 spiro atoms. The molecule has 0 bridgehead atoms. The molecule has 5 nitrogen and oxygen atoms in total. The van der Waals surface area contributed by atoms with Crippen molar-refractivity contribution in [3.63, 3.8) is 0 Å². The molecule has 0 saturated carbocycles. The number of methoxy groups -OCH3 is 1. The summed E-state index contributed by atoms with van der Waals surface area (Å²) in [6.45, 7) is 3.78. The summed E-state index contributed by atoms with van der Waals surface area (Å²) in [5.74, 6) is 1.90. The summed E-state index contributed by atoms with van der Waals surface area (Å²) >= 11 is 1.81. The number of hydrogen-bond donors (Lipinski definition) is 1. The fourth-order valence-electron chi connectivity index (χ4n) is 2.98. The molecule has 3 atom stereocenters. The first-order chi connectivity index (χ1) is 9.61. The predicted octanol–water partition coefficient (Wildman–Crippen LogP) is 1.30. The number of carbonyl (C=O) groups is 2. The lowest BCUT2D eigenvalue weighted by molar-refractivity contribution is -0.144. The van der Waals surface area contributed by atoms with Crippen LogP contribution in [0.4, 0.5) is 0 Å². The monoisotopic (exact) mass is 336 g/mol. The molecule has 2 aliphatic rings. The van der Waals surface area contributed by atoms with Gasteiger partial charge in [0.2, 0.25) is 5.91 Å². The van der Waals surface area contributed by atoms with E-state index in [1.807, 2.05) is 16.7 Å². The van der Waals surface area contributed by atoms with Gasteiger partial charge in [0.1, 0.15) is 0 Å². The zero-order chi connectivity index (χ0) is 14.5. The molecule has 122 valence electrons. The second-order valence-corrected chi connectivity index (χ2v) is 6.77. The number of hydrogen-bond acceptors (Lipinski definition) is 5. The maximum absolute atomic E-state index is 12.7. The third kappa shape index (κ3) is 5.04. The molecule has 0 aromatic heterocycles. The van der Waals surface area contributed by atoms with Gasteiger partial charge in [0.25, 0.3) is 0 Å². The van der Waals surface area contributed by atoms with Crippen molar-refractivity contribution in [2.24, 2.45) is 5.92 Å². The first-order valence-electron chi connectivity index (χ1n) is 7.30. The smallest absolute Gasteiger partial charge is 0.307 e. The fourth-order valence-corrected chi connectivity index (χ4v) is 4.04. The summed E-state index contributed by atoms with van der Waals surface area (Å²) < 4.78 is 4.75. The second kappa shape index (κ2) is 8.86. The Bertz CT molecular complexity index is 370. The first kappa shape index (κ1) is 18.6. The SMILES string of the molecule is COC(=O)CC1CSCCN1C(=O)[C@H]1CCN[C@@H](C)C1.Cl. The average molecular weight is 337 g/mol. The maximum Gasteiger partial charge on any atom is 0.307 e. The molecule has 1 amide bonds. The van der Waals surface area contributed by atoms with Crippen LogP contribution in [0.2, 0.25) is 0 Å². The molecule has 0 radical (unpaired) electrons. The lowest BCUT2D eigenvalue weighted by Crippen LogP contribution is -2.51. The van der Waals surface area contributed by atoms with Gasteiger partial charge < -0.3 is 15.0 Å². The molecule has 2 rings (SSSR count). The molecule has 2 heterocycles. The van der Waals surface area contributed by atoms with E-state index in [1.54, 1.807) is 0 Å². The highest BCUT2D eigenvalue weighted by Crippen LogP contribution is 2.25. The lowest BCUT2D eigenvalue weighted by atomic mass is 9.91. The van der Waals surface area contributed by atoms with Gasteiger partial charge in [-0.25, -0.2) is 0 Å². The molecule has 2 saturated heterocycles. The molecular formula is C14H25ClN2O3S. The summed E-state index contributed by atoms with van der Waals surface area (Å²) in [4.78, 5) is 26.1. The predicted molar refractivity (Wildman–Crippen MR) is 86.9 cm³/mol. The van der Waals surface area contributed by atoms with Crippen molar-refractivity contribution < 1.29 is 14.3 Å². The number of halogens is 1. The highest BCUT2D eigenvalue weighted by atomic mass is 35.5. The van der Waals surface area contributed by atoms with Gasteiger partial charge in [-0.05, 0) is 26.3 Å². The number of esters is 1. The number of thioether (sulfide) groups is 1. The Kier molecular flexibility index (Phi) is 7.84. The maximum atomic E-state index is 12.7. The Balaban J connectivity index is 0.00000220. The highest BCUT2D eigenvalue weighted by molar-refractivity contribution is 7.99. The number of nitrogens with zero attached hydrogens (tertiary/aromatic N) is 1. The molecule has 21 heavy (non-hydrogen) atoms. The standard InChI is InChI=1S/C14H24N2O3S.ClH/c1-10-7-11(3-4-15-10)14(18)16-5-6-20-9-12(16)8-13(17)19-2;/h10-12,15H,3-9H2,1-2H3;1H/t10-,11-,12?;/m0./s1. The first-order valence-corrected chi connectivity index (χ1v) is 8.45. The minimum Gasteiger partial charge on any atom is -0.469 e. The normalized spacial score (nSPS) is 29.4. The van der Waals surface area contributed by atoms with Crippen LogP contribution in [-0.2, 0) is 14.3 Å². The van der Waals surface area contributed by atoms with Crippen molar-refractivity contribution >= 4 is 36.0 Å². The third-order valence-corrected chi connectivity index (χ3v) is 5.21. The van der Waals surface area contributed by atoms with Crippen LogP contribution in [0.5, 0.6) is 0 Å². The van der Waals surface area contributed by atoms with E-state index in [1.165, 1.54) is 7.11 Å². The average Bonchev–Trinajstić information content (AvgIpc) is 2.47. The summed E-state index contributed by atoms with van der Waals surface area (Å²) in [5.41, 5.74) is 0. The molecule has 1 N–H and O–H groups in total. The molecule has 2 fully saturated rings. The van der Waals surface area contributed by atoms with Gasteiger partial charge in [-0.2, -0.15) is 11.8 Å². The number of rotatable bonds is 3. The molecular weight excluding hydrogens is 312 g/mol. The largest absolute Gasteiger partial charge is 0.469 e. The van der Waals surface area contributed by atoms with E-state index in [0.29, 0.717) is 12.5 Å². The van der Waals surface area contributed by atoms with Crippen molar-refractivity contribution in [3.8, 4) is 0 Å². The molecule has 7 heteroatoms. The van der Waals surface area contributed by atoms with Gasteiger partial charge in [0.05, 0.1) is 19.6 Å². The number of piperidine rings is 1. The number of carbonyl (C=O) groups excluding carboxylic acids is 2. The van der Waals surface area contributed by atoms with E-state index in [-0.39, 0.29) is 36.2 Å². The van der Waals surface area contributed by atoms with E-state index in [0.717, 1.165) is 37.4 Å². The van der Waals surface area contributed by atoms with Crippen LogP contribution in [0, 0.1) is 5.92 Å². The fraction of sp³-hybridized carbons (Fsp3) is 0.857. The van der Waals surface area contributed by atoms with Crippen molar-refractivity contribution in [1.82, 2.24) is 10.2 Å². The van der Waals surface area contributed by atoms with E-state index >= 15 is 0 Å². The van der Waals surface area contributed by atoms with Crippen molar-refractivity contribution in [1.29, 1.82) is 0 Å². The van der Waals surface area contributed by atoms with Crippen LogP contribution < -0.4 is 5.32 Å². The van der Waals surface area contributed by atoms with Gasteiger partial charge in [-0.1, -0.05) is 0 Å². The van der Waals surface area contributed by atoms with Crippen LogP contribution in [0.1, 0.15) is 26.2 Å². The minimum absolute atomic E-state index is 0. The molecule has 0 aliphatic carbocycles. The molecule has 1 unspecified atom stereocenters. The Labute approximate surface area is 136 Å². The lowest BCUT2D eigenvalue weighted by Gasteiger charge is -2.38. The van der Waals surface area contributed by atoms with E-state index in [9.17, 15) is 9.59 Å². The number of amides is 1. The number of nitrogens with one attached hydrogen (secondary N) is 1. The van der Waals surface area contributed by atoms with Gasteiger partial charge in [-0.3, -0.25) is 9.59 Å². The Morgan fingerprint density at radius 2 is 2.19 bits per heavy atom. The zero-order valence-electron chi connectivity index (χ0n) is 12.7. The Morgan fingerprint density at radius 3 is 2.86 bits per heavy atom. The molecule has 0 aromatic rings. The third-order valence-electron chi connectivity index (χ3n) is 4.11.